The van der Waals surface area contributed by atoms with Gasteiger partial charge in [-0.3, -0.25) is 0 Å². The van der Waals surface area contributed by atoms with Crippen LogP contribution in [-0.2, 0) is 13.0 Å². The van der Waals surface area contributed by atoms with Gasteiger partial charge in [-0.1, -0.05) is 13.8 Å². The molecule has 0 unspecified atom stereocenters. The van der Waals surface area contributed by atoms with Crippen LogP contribution in [-0.4, -0.2) is 29.7 Å². The third-order valence-electron chi connectivity index (χ3n) is 2.67. The quantitative estimate of drug-likeness (QED) is 0.766. The molecule has 0 radical (unpaired) electrons. The number of aryl methyl sites for hydroxylation is 2. The molecular weight excluding hydrogens is 200 g/mol. The summed E-state index contributed by atoms with van der Waals surface area (Å²) in [5.41, 5.74) is 6.70. The molecule has 0 aromatic carbocycles. The molecule has 1 heterocycles. The van der Waals surface area contributed by atoms with Gasteiger partial charge in [0.15, 0.2) is 0 Å². The predicted molar refractivity (Wildman–Crippen MR) is 68.8 cm³/mol. The number of rotatable bonds is 7. The van der Waals surface area contributed by atoms with Crippen molar-refractivity contribution in [3.8, 4) is 0 Å². The van der Waals surface area contributed by atoms with Gasteiger partial charge in [-0.25, -0.2) is 4.98 Å². The van der Waals surface area contributed by atoms with Crippen molar-refractivity contribution in [3.63, 3.8) is 0 Å². The number of nitrogens with two attached hydrogens (primary N) is 1. The Bertz CT molecular complexity index is 306. The number of anilines is 1. The van der Waals surface area contributed by atoms with E-state index < -0.39 is 0 Å². The first-order chi connectivity index (χ1) is 7.72. The standard InChI is InChI=1S/C12H24N4/c1-4-8-16-10-11(5-2)14-12(16)15(3)9-6-7-13/h10H,4-9,13H2,1-3H3. The Kier molecular flexibility index (Phi) is 5.32. The lowest BCUT2D eigenvalue weighted by Crippen LogP contribution is -2.24. The number of aromatic nitrogens is 2. The monoisotopic (exact) mass is 224 g/mol. The minimum atomic E-state index is 0.736. The molecule has 0 atom stereocenters. The van der Waals surface area contributed by atoms with Gasteiger partial charge in [-0.15, -0.1) is 0 Å². The molecule has 4 heteroatoms. The van der Waals surface area contributed by atoms with E-state index in [1.807, 2.05) is 0 Å². The minimum Gasteiger partial charge on any atom is -0.345 e. The fourth-order valence-electron chi connectivity index (χ4n) is 1.77. The maximum absolute atomic E-state index is 5.53. The van der Waals surface area contributed by atoms with Crippen molar-refractivity contribution < 1.29 is 0 Å². The Morgan fingerprint density at radius 3 is 2.75 bits per heavy atom. The Morgan fingerprint density at radius 2 is 2.19 bits per heavy atom. The second-order valence-electron chi connectivity index (χ2n) is 4.14. The molecule has 0 fully saturated rings. The largest absolute Gasteiger partial charge is 0.345 e. The van der Waals surface area contributed by atoms with Crippen LogP contribution >= 0.6 is 0 Å². The van der Waals surface area contributed by atoms with Gasteiger partial charge in [-0.2, -0.15) is 0 Å². The maximum atomic E-state index is 5.53. The Morgan fingerprint density at radius 1 is 1.44 bits per heavy atom. The molecule has 2 N–H and O–H groups in total. The van der Waals surface area contributed by atoms with E-state index in [0.29, 0.717) is 0 Å². The Hall–Kier alpha value is -1.03. The van der Waals surface area contributed by atoms with Crippen LogP contribution in [0.5, 0.6) is 0 Å². The third-order valence-corrected chi connectivity index (χ3v) is 2.67. The van der Waals surface area contributed by atoms with Crippen LogP contribution in [0.1, 0.15) is 32.4 Å². The van der Waals surface area contributed by atoms with Crippen LogP contribution in [0.4, 0.5) is 5.95 Å². The highest BCUT2D eigenvalue weighted by Crippen LogP contribution is 2.14. The highest BCUT2D eigenvalue weighted by Gasteiger charge is 2.10. The molecule has 0 amide bonds. The maximum Gasteiger partial charge on any atom is 0.205 e. The lowest BCUT2D eigenvalue weighted by atomic mass is 10.4. The normalized spacial score (nSPS) is 10.8. The molecule has 0 spiro atoms. The van der Waals surface area contributed by atoms with E-state index in [1.54, 1.807) is 0 Å². The van der Waals surface area contributed by atoms with Crippen molar-refractivity contribution >= 4 is 5.95 Å². The summed E-state index contributed by atoms with van der Waals surface area (Å²) in [6.07, 6.45) is 5.31. The van der Waals surface area contributed by atoms with Crippen molar-refractivity contribution in [2.45, 2.75) is 39.7 Å². The molecule has 1 aromatic heterocycles. The van der Waals surface area contributed by atoms with E-state index in [4.69, 9.17) is 5.73 Å². The molecule has 16 heavy (non-hydrogen) atoms. The summed E-state index contributed by atoms with van der Waals surface area (Å²) in [4.78, 5) is 6.84. The Labute approximate surface area is 98.5 Å². The number of hydrogen-bond donors (Lipinski definition) is 1. The second kappa shape index (κ2) is 6.53. The fraction of sp³-hybridized carbons (Fsp3) is 0.750. The summed E-state index contributed by atoms with van der Waals surface area (Å²) in [6.45, 7) is 7.08. The molecule has 92 valence electrons. The van der Waals surface area contributed by atoms with Crippen molar-refractivity contribution in [1.82, 2.24) is 9.55 Å². The Balaban J connectivity index is 2.78. The summed E-state index contributed by atoms with van der Waals surface area (Å²) in [7, 11) is 2.09. The van der Waals surface area contributed by atoms with Gasteiger partial charge in [0.2, 0.25) is 5.95 Å². The first-order valence-corrected chi connectivity index (χ1v) is 6.20. The van der Waals surface area contributed by atoms with Crippen molar-refractivity contribution in [2.24, 2.45) is 5.73 Å². The average Bonchev–Trinajstić information content (AvgIpc) is 2.70. The molecule has 0 saturated heterocycles. The van der Waals surface area contributed by atoms with Gasteiger partial charge in [0.1, 0.15) is 0 Å². The number of nitrogens with zero attached hydrogens (tertiary/aromatic N) is 3. The second-order valence-corrected chi connectivity index (χ2v) is 4.14. The van der Waals surface area contributed by atoms with Gasteiger partial charge in [0.25, 0.3) is 0 Å². The summed E-state index contributed by atoms with van der Waals surface area (Å²) >= 11 is 0. The molecule has 0 saturated carbocycles. The zero-order valence-corrected chi connectivity index (χ0v) is 10.7. The van der Waals surface area contributed by atoms with Gasteiger partial charge >= 0.3 is 0 Å². The predicted octanol–water partition coefficient (Wildman–Crippen LogP) is 1.64. The minimum absolute atomic E-state index is 0.736. The van der Waals surface area contributed by atoms with E-state index in [-0.39, 0.29) is 0 Å². The van der Waals surface area contributed by atoms with Crippen LogP contribution in [0, 0.1) is 0 Å². The van der Waals surface area contributed by atoms with Crippen LogP contribution in [0.2, 0.25) is 0 Å². The van der Waals surface area contributed by atoms with Crippen molar-refractivity contribution in [1.29, 1.82) is 0 Å². The van der Waals surface area contributed by atoms with Crippen LogP contribution in [0.3, 0.4) is 0 Å². The topological polar surface area (TPSA) is 47.1 Å². The molecular formula is C12H24N4. The van der Waals surface area contributed by atoms with Gasteiger partial charge in [0.05, 0.1) is 5.69 Å². The molecule has 0 aliphatic carbocycles. The van der Waals surface area contributed by atoms with Gasteiger partial charge in [-0.05, 0) is 25.8 Å². The molecule has 4 nitrogen and oxygen atoms in total. The zero-order chi connectivity index (χ0) is 12.0. The van der Waals surface area contributed by atoms with E-state index in [9.17, 15) is 0 Å². The number of hydrogen-bond acceptors (Lipinski definition) is 3. The summed E-state index contributed by atoms with van der Waals surface area (Å²) in [6, 6.07) is 0. The molecule has 0 bridgehead atoms. The van der Waals surface area contributed by atoms with Gasteiger partial charge in [0, 0.05) is 26.3 Å². The van der Waals surface area contributed by atoms with E-state index >= 15 is 0 Å². The average molecular weight is 224 g/mol. The van der Waals surface area contributed by atoms with Crippen LogP contribution in [0.15, 0.2) is 6.20 Å². The summed E-state index contributed by atoms with van der Waals surface area (Å²) < 4.78 is 2.25. The van der Waals surface area contributed by atoms with E-state index in [2.05, 4.69) is 41.5 Å². The zero-order valence-electron chi connectivity index (χ0n) is 10.7. The van der Waals surface area contributed by atoms with Crippen molar-refractivity contribution in [3.05, 3.63) is 11.9 Å². The summed E-state index contributed by atoms with van der Waals surface area (Å²) in [5, 5.41) is 0. The SMILES string of the molecule is CCCn1cc(CC)nc1N(C)CCCN. The molecule has 0 aliphatic rings. The highest BCUT2D eigenvalue weighted by atomic mass is 15.3. The molecule has 1 aromatic rings. The smallest absolute Gasteiger partial charge is 0.205 e. The molecule has 1 rings (SSSR count). The third kappa shape index (κ3) is 3.23. The number of imidazole rings is 1. The first-order valence-electron chi connectivity index (χ1n) is 6.20. The lowest BCUT2D eigenvalue weighted by molar-refractivity contribution is 0.656. The van der Waals surface area contributed by atoms with Crippen molar-refractivity contribution in [2.75, 3.05) is 25.0 Å². The lowest BCUT2D eigenvalue weighted by Gasteiger charge is -2.18. The van der Waals surface area contributed by atoms with E-state index in [1.165, 1.54) is 5.69 Å². The van der Waals surface area contributed by atoms with Crippen LogP contribution in [0.25, 0.3) is 0 Å². The summed E-state index contributed by atoms with van der Waals surface area (Å²) in [5.74, 6) is 1.08. The fourth-order valence-corrected chi connectivity index (χ4v) is 1.77. The van der Waals surface area contributed by atoms with E-state index in [0.717, 1.165) is 44.8 Å². The van der Waals surface area contributed by atoms with Gasteiger partial charge < -0.3 is 15.2 Å². The molecule has 0 aliphatic heterocycles. The highest BCUT2D eigenvalue weighted by molar-refractivity contribution is 5.32. The van der Waals surface area contributed by atoms with Crippen LogP contribution < -0.4 is 10.6 Å². The first kappa shape index (κ1) is 13.0.